The molecule has 0 fully saturated rings. The monoisotopic (exact) mass is 341 g/mol. The molecule has 0 radical (unpaired) electrons. The summed E-state index contributed by atoms with van der Waals surface area (Å²) in [5.74, 6) is 0.296. The van der Waals surface area contributed by atoms with E-state index in [1.807, 2.05) is 13.8 Å². The fraction of sp³-hybridized carbons (Fsp3) is 0.286. The Morgan fingerprint density at radius 3 is 2.36 bits per heavy atom. The Kier molecular flexibility index (Phi) is 4.58. The molecule has 0 bridgehead atoms. The highest BCUT2D eigenvalue weighted by Gasteiger charge is 2.19. The van der Waals surface area contributed by atoms with Gasteiger partial charge in [0, 0.05) is 7.05 Å². The van der Waals surface area contributed by atoms with E-state index >= 15 is 0 Å². The van der Waals surface area contributed by atoms with Crippen LogP contribution in [0.3, 0.4) is 0 Å². The summed E-state index contributed by atoms with van der Waals surface area (Å²) < 4.78 is 28.1. The van der Waals surface area contributed by atoms with Crippen LogP contribution in [-0.2, 0) is 17.1 Å². The molecular weight excluding hydrogens is 326 g/mol. The Hall–Kier alpha value is -1.86. The number of hydrogen-bond acceptors (Lipinski definition) is 4. The minimum atomic E-state index is -3.91. The lowest BCUT2D eigenvalue weighted by atomic mass is 10.0. The van der Waals surface area contributed by atoms with Gasteiger partial charge >= 0.3 is 0 Å². The van der Waals surface area contributed by atoms with Gasteiger partial charge in [0.1, 0.15) is 0 Å². The van der Waals surface area contributed by atoms with Crippen LogP contribution in [0.2, 0.25) is 5.15 Å². The maximum atomic E-state index is 12.4. The van der Waals surface area contributed by atoms with Crippen LogP contribution in [0, 0.1) is 0 Å². The van der Waals surface area contributed by atoms with E-state index in [9.17, 15) is 13.2 Å². The van der Waals surface area contributed by atoms with Gasteiger partial charge in [-0.2, -0.15) is 0 Å². The van der Waals surface area contributed by atoms with Crippen LogP contribution in [0.25, 0.3) is 0 Å². The van der Waals surface area contributed by atoms with E-state index in [2.05, 4.69) is 9.71 Å². The summed E-state index contributed by atoms with van der Waals surface area (Å²) in [7, 11) is -2.45. The molecule has 0 spiro atoms. The van der Waals surface area contributed by atoms with Gasteiger partial charge < -0.3 is 4.57 Å². The molecule has 0 aliphatic heterocycles. The second kappa shape index (κ2) is 6.10. The van der Waals surface area contributed by atoms with Crippen molar-refractivity contribution in [2.75, 3.05) is 4.72 Å². The Morgan fingerprint density at radius 1 is 1.23 bits per heavy atom. The zero-order valence-electron chi connectivity index (χ0n) is 12.4. The van der Waals surface area contributed by atoms with Crippen molar-refractivity contribution in [3.63, 3.8) is 0 Å². The summed E-state index contributed by atoms with van der Waals surface area (Å²) in [4.78, 5) is 15.8. The van der Waals surface area contributed by atoms with Crippen molar-refractivity contribution in [3.05, 3.63) is 51.7 Å². The van der Waals surface area contributed by atoms with E-state index in [4.69, 9.17) is 11.6 Å². The summed E-state index contributed by atoms with van der Waals surface area (Å²) in [5, 5.41) is -0.189. The number of sulfonamides is 1. The average molecular weight is 342 g/mol. The number of nitrogens with zero attached hydrogens (tertiary/aromatic N) is 2. The lowest BCUT2D eigenvalue weighted by Gasteiger charge is -2.11. The first-order valence-corrected chi connectivity index (χ1v) is 8.42. The third-order valence-electron chi connectivity index (χ3n) is 3.18. The van der Waals surface area contributed by atoms with Crippen LogP contribution in [-0.4, -0.2) is 18.0 Å². The molecule has 0 atom stereocenters. The zero-order valence-corrected chi connectivity index (χ0v) is 13.9. The number of benzene rings is 1. The molecular formula is C14H16ClN3O3S. The first-order chi connectivity index (χ1) is 10.2. The normalized spacial score (nSPS) is 11.7. The van der Waals surface area contributed by atoms with Crippen molar-refractivity contribution >= 4 is 27.3 Å². The molecule has 22 heavy (non-hydrogen) atoms. The smallest absolute Gasteiger partial charge is 0.279 e. The minimum absolute atomic E-state index is 0.0545. The SMILES string of the molecule is CC(C)c1ccc(S(=O)(=O)Nc2c(Cl)ncn(C)c2=O)cc1. The van der Waals surface area contributed by atoms with Gasteiger partial charge in [-0.25, -0.2) is 13.4 Å². The molecule has 6 nitrogen and oxygen atoms in total. The highest BCUT2D eigenvalue weighted by Crippen LogP contribution is 2.21. The second-order valence-corrected chi connectivity index (χ2v) is 7.20. The van der Waals surface area contributed by atoms with E-state index in [1.165, 1.54) is 25.5 Å². The number of anilines is 1. The highest BCUT2D eigenvalue weighted by molar-refractivity contribution is 7.92. The number of aryl methyl sites for hydroxylation is 1. The molecule has 1 aromatic carbocycles. The lowest BCUT2D eigenvalue weighted by molar-refractivity contribution is 0.601. The molecule has 0 amide bonds. The van der Waals surface area contributed by atoms with Crippen molar-refractivity contribution in [3.8, 4) is 0 Å². The minimum Gasteiger partial charge on any atom is -0.301 e. The van der Waals surface area contributed by atoms with E-state index in [0.29, 0.717) is 5.92 Å². The fourth-order valence-electron chi connectivity index (χ4n) is 1.83. The Morgan fingerprint density at radius 2 is 1.82 bits per heavy atom. The molecule has 2 aromatic rings. The van der Waals surface area contributed by atoms with Crippen LogP contribution in [0.5, 0.6) is 0 Å². The quantitative estimate of drug-likeness (QED) is 0.865. The summed E-state index contributed by atoms with van der Waals surface area (Å²) >= 11 is 5.81. The summed E-state index contributed by atoms with van der Waals surface area (Å²) in [6.45, 7) is 4.03. The second-order valence-electron chi connectivity index (χ2n) is 5.16. The largest absolute Gasteiger partial charge is 0.301 e. The van der Waals surface area contributed by atoms with Gasteiger partial charge in [0.2, 0.25) is 0 Å². The van der Waals surface area contributed by atoms with E-state index in [0.717, 1.165) is 10.1 Å². The Labute approximate surface area is 133 Å². The molecule has 1 aromatic heterocycles. The van der Waals surface area contributed by atoms with Gasteiger partial charge in [-0.05, 0) is 23.6 Å². The molecule has 0 saturated heterocycles. The summed E-state index contributed by atoms with van der Waals surface area (Å²) in [6, 6.07) is 6.46. The van der Waals surface area contributed by atoms with Crippen LogP contribution in [0.15, 0.2) is 40.3 Å². The zero-order chi connectivity index (χ0) is 16.5. The maximum Gasteiger partial charge on any atom is 0.279 e. The Bertz CT molecular complexity index is 843. The molecule has 1 N–H and O–H groups in total. The number of aromatic nitrogens is 2. The lowest BCUT2D eigenvalue weighted by Crippen LogP contribution is -2.25. The molecule has 2 rings (SSSR count). The fourth-order valence-corrected chi connectivity index (χ4v) is 3.12. The molecule has 8 heteroatoms. The number of rotatable bonds is 4. The third kappa shape index (κ3) is 3.31. The van der Waals surface area contributed by atoms with Crippen LogP contribution < -0.4 is 10.3 Å². The molecule has 118 valence electrons. The Balaban J connectivity index is 2.40. The van der Waals surface area contributed by atoms with E-state index < -0.39 is 15.6 Å². The van der Waals surface area contributed by atoms with Crippen LogP contribution in [0.4, 0.5) is 5.69 Å². The predicted molar refractivity (Wildman–Crippen MR) is 85.8 cm³/mol. The van der Waals surface area contributed by atoms with Crippen molar-refractivity contribution in [1.29, 1.82) is 0 Å². The molecule has 0 aliphatic carbocycles. The van der Waals surface area contributed by atoms with Crippen molar-refractivity contribution in [2.24, 2.45) is 7.05 Å². The third-order valence-corrected chi connectivity index (χ3v) is 4.83. The first kappa shape index (κ1) is 16.5. The van der Waals surface area contributed by atoms with Gasteiger partial charge in [0.15, 0.2) is 10.8 Å². The molecule has 0 aliphatic rings. The number of hydrogen-bond donors (Lipinski definition) is 1. The molecule has 0 unspecified atom stereocenters. The van der Waals surface area contributed by atoms with Gasteiger partial charge in [-0.1, -0.05) is 37.6 Å². The van der Waals surface area contributed by atoms with E-state index in [1.54, 1.807) is 12.1 Å². The maximum absolute atomic E-state index is 12.4. The van der Waals surface area contributed by atoms with Gasteiger partial charge in [0.05, 0.1) is 11.2 Å². The number of nitrogens with one attached hydrogen (secondary N) is 1. The van der Waals surface area contributed by atoms with Crippen LogP contribution in [0.1, 0.15) is 25.3 Å². The summed E-state index contributed by atoms with van der Waals surface area (Å²) in [5.41, 5.74) is 0.191. The van der Waals surface area contributed by atoms with Crippen molar-refractivity contribution in [2.45, 2.75) is 24.7 Å². The van der Waals surface area contributed by atoms with Gasteiger partial charge in [0.25, 0.3) is 15.6 Å². The van der Waals surface area contributed by atoms with E-state index in [-0.39, 0.29) is 15.7 Å². The average Bonchev–Trinajstić information content (AvgIpc) is 2.48. The van der Waals surface area contributed by atoms with Crippen molar-refractivity contribution < 1.29 is 8.42 Å². The molecule has 1 heterocycles. The topological polar surface area (TPSA) is 81.1 Å². The molecule has 0 saturated carbocycles. The van der Waals surface area contributed by atoms with Crippen LogP contribution >= 0.6 is 11.6 Å². The standard InChI is InChI=1S/C14H16ClN3O3S/c1-9(2)10-4-6-11(7-5-10)22(20,21)17-12-13(15)16-8-18(3)14(12)19/h4-9,17H,1-3H3. The highest BCUT2D eigenvalue weighted by atomic mass is 35.5. The number of halogens is 1. The summed E-state index contributed by atoms with van der Waals surface area (Å²) in [6.07, 6.45) is 1.22. The van der Waals surface area contributed by atoms with Crippen molar-refractivity contribution in [1.82, 2.24) is 9.55 Å². The predicted octanol–water partition coefficient (Wildman–Crippen LogP) is 2.36. The van der Waals surface area contributed by atoms with Gasteiger partial charge in [-0.15, -0.1) is 0 Å². The van der Waals surface area contributed by atoms with Gasteiger partial charge in [-0.3, -0.25) is 9.52 Å². The first-order valence-electron chi connectivity index (χ1n) is 6.56.